The maximum absolute atomic E-state index is 12.6. The van der Waals surface area contributed by atoms with Gasteiger partial charge >= 0.3 is 0 Å². The zero-order chi connectivity index (χ0) is 18.5. The van der Waals surface area contributed by atoms with Gasteiger partial charge in [0.25, 0.3) is 11.8 Å². The van der Waals surface area contributed by atoms with Gasteiger partial charge in [0.05, 0.1) is 11.3 Å². The van der Waals surface area contributed by atoms with Crippen molar-refractivity contribution in [2.45, 2.75) is 13.3 Å². The molecule has 3 rings (SSSR count). The van der Waals surface area contributed by atoms with Crippen LogP contribution in [0, 0.1) is 0 Å². The molecule has 0 saturated heterocycles. The number of hydrogen-bond acceptors (Lipinski definition) is 4. The monoisotopic (exact) mass is 374 g/mol. The van der Waals surface area contributed by atoms with Crippen LogP contribution in [-0.2, 0) is 0 Å². The molecule has 0 saturated carbocycles. The molecule has 2 aromatic rings. The lowest BCUT2D eigenvalue weighted by molar-refractivity contribution is 0.0954. The van der Waals surface area contributed by atoms with Crippen LogP contribution < -0.4 is 20.1 Å². The summed E-state index contributed by atoms with van der Waals surface area (Å²) in [6.45, 7) is 3.44. The molecule has 1 aliphatic rings. The van der Waals surface area contributed by atoms with Gasteiger partial charge in [-0.05, 0) is 42.8 Å². The number of benzene rings is 2. The van der Waals surface area contributed by atoms with E-state index in [0.717, 1.165) is 6.42 Å². The largest absolute Gasteiger partial charge is 0.486 e. The van der Waals surface area contributed by atoms with Gasteiger partial charge in [-0.2, -0.15) is 0 Å². The Balaban J connectivity index is 1.82. The second kappa shape index (κ2) is 8.10. The summed E-state index contributed by atoms with van der Waals surface area (Å²) in [5.74, 6) is 0.501. The summed E-state index contributed by atoms with van der Waals surface area (Å²) in [4.78, 5) is 24.9. The third-order valence-corrected chi connectivity index (χ3v) is 4.05. The van der Waals surface area contributed by atoms with Crippen molar-refractivity contribution in [1.29, 1.82) is 0 Å². The van der Waals surface area contributed by atoms with E-state index in [4.69, 9.17) is 21.1 Å². The van der Waals surface area contributed by atoms with Crippen LogP contribution in [0.25, 0.3) is 0 Å². The molecule has 0 radical (unpaired) electrons. The number of carbonyl (C=O) groups is 2. The van der Waals surface area contributed by atoms with E-state index in [1.165, 1.54) is 0 Å². The van der Waals surface area contributed by atoms with Gasteiger partial charge in [-0.15, -0.1) is 0 Å². The standard InChI is InChI=1S/C19H19ClN2O4/c1-2-7-21-19(24)14-5-4-13(20)11-15(14)22-18(23)12-3-6-16-17(10-12)26-9-8-25-16/h3-6,10-11H,2,7-9H2,1H3,(H,21,24)(H,22,23). The SMILES string of the molecule is CCCNC(=O)c1ccc(Cl)cc1NC(=O)c1ccc2c(c1)OCCO2. The Morgan fingerprint density at radius 2 is 1.81 bits per heavy atom. The van der Waals surface area contributed by atoms with Gasteiger partial charge in [-0.25, -0.2) is 0 Å². The topological polar surface area (TPSA) is 76.7 Å². The normalized spacial score (nSPS) is 12.4. The van der Waals surface area contributed by atoms with Crippen LogP contribution in [0.3, 0.4) is 0 Å². The minimum absolute atomic E-state index is 0.263. The average Bonchev–Trinajstić information content (AvgIpc) is 2.65. The van der Waals surface area contributed by atoms with Gasteiger partial charge < -0.3 is 20.1 Å². The van der Waals surface area contributed by atoms with Crippen LogP contribution in [0.2, 0.25) is 5.02 Å². The molecular weight excluding hydrogens is 356 g/mol. The zero-order valence-electron chi connectivity index (χ0n) is 14.3. The van der Waals surface area contributed by atoms with Crippen molar-refractivity contribution in [3.05, 3.63) is 52.5 Å². The van der Waals surface area contributed by atoms with Crippen molar-refractivity contribution in [3.8, 4) is 11.5 Å². The lowest BCUT2D eigenvalue weighted by Crippen LogP contribution is -2.26. The number of hydrogen-bond donors (Lipinski definition) is 2. The van der Waals surface area contributed by atoms with E-state index < -0.39 is 0 Å². The summed E-state index contributed by atoms with van der Waals surface area (Å²) in [5.41, 5.74) is 1.11. The predicted molar refractivity (Wildman–Crippen MR) is 99.5 cm³/mol. The Hall–Kier alpha value is -2.73. The molecular formula is C19H19ClN2O4. The highest BCUT2D eigenvalue weighted by atomic mass is 35.5. The molecule has 0 bridgehead atoms. The van der Waals surface area contributed by atoms with Crippen molar-refractivity contribution in [2.75, 3.05) is 25.1 Å². The summed E-state index contributed by atoms with van der Waals surface area (Å²) in [6, 6.07) is 9.71. The number of fused-ring (bicyclic) bond motifs is 1. The summed E-state index contributed by atoms with van der Waals surface area (Å²) in [5, 5.41) is 5.97. The van der Waals surface area contributed by atoms with Gasteiger partial charge in [0, 0.05) is 17.1 Å². The molecule has 0 atom stereocenters. The molecule has 2 aromatic carbocycles. The fourth-order valence-corrected chi connectivity index (χ4v) is 2.70. The van der Waals surface area contributed by atoms with E-state index in [9.17, 15) is 9.59 Å². The first-order valence-corrected chi connectivity index (χ1v) is 8.75. The second-order valence-electron chi connectivity index (χ2n) is 5.76. The van der Waals surface area contributed by atoms with Crippen molar-refractivity contribution in [3.63, 3.8) is 0 Å². The number of rotatable bonds is 5. The van der Waals surface area contributed by atoms with Gasteiger partial charge in [-0.1, -0.05) is 18.5 Å². The van der Waals surface area contributed by atoms with Crippen molar-refractivity contribution >= 4 is 29.1 Å². The Kier molecular flexibility index (Phi) is 5.63. The first-order chi connectivity index (χ1) is 12.6. The number of carbonyl (C=O) groups excluding carboxylic acids is 2. The first kappa shape index (κ1) is 18.1. The smallest absolute Gasteiger partial charge is 0.255 e. The van der Waals surface area contributed by atoms with Gasteiger partial charge in [0.15, 0.2) is 11.5 Å². The highest BCUT2D eigenvalue weighted by molar-refractivity contribution is 6.31. The number of amides is 2. The number of nitrogens with one attached hydrogen (secondary N) is 2. The van der Waals surface area contributed by atoms with E-state index in [1.807, 2.05) is 6.92 Å². The van der Waals surface area contributed by atoms with Crippen LogP contribution in [-0.4, -0.2) is 31.6 Å². The molecule has 0 aromatic heterocycles. The minimum atomic E-state index is -0.367. The van der Waals surface area contributed by atoms with Crippen LogP contribution in [0.5, 0.6) is 11.5 Å². The number of ether oxygens (including phenoxy) is 2. The zero-order valence-corrected chi connectivity index (χ0v) is 15.1. The third kappa shape index (κ3) is 4.08. The highest BCUT2D eigenvalue weighted by Crippen LogP contribution is 2.31. The maximum atomic E-state index is 12.6. The molecule has 0 fully saturated rings. The summed E-state index contributed by atoms with van der Waals surface area (Å²) >= 11 is 6.03. The molecule has 2 N–H and O–H groups in total. The van der Waals surface area contributed by atoms with Crippen LogP contribution >= 0.6 is 11.6 Å². The maximum Gasteiger partial charge on any atom is 0.255 e. The third-order valence-electron chi connectivity index (χ3n) is 3.81. The molecule has 1 heterocycles. The Bertz CT molecular complexity index is 838. The van der Waals surface area contributed by atoms with Crippen LogP contribution in [0.15, 0.2) is 36.4 Å². The van der Waals surface area contributed by atoms with Crippen molar-refractivity contribution in [2.24, 2.45) is 0 Å². The Labute approximate surface area is 156 Å². The van der Waals surface area contributed by atoms with E-state index in [1.54, 1.807) is 36.4 Å². The fourth-order valence-electron chi connectivity index (χ4n) is 2.53. The molecule has 7 heteroatoms. The number of halogens is 1. The lowest BCUT2D eigenvalue weighted by atomic mass is 10.1. The molecule has 1 aliphatic heterocycles. The molecule has 0 spiro atoms. The second-order valence-corrected chi connectivity index (χ2v) is 6.19. The highest BCUT2D eigenvalue weighted by Gasteiger charge is 2.18. The van der Waals surface area contributed by atoms with Crippen LogP contribution in [0.1, 0.15) is 34.1 Å². The van der Waals surface area contributed by atoms with Gasteiger partial charge in [-0.3, -0.25) is 9.59 Å². The summed E-state index contributed by atoms with van der Waals surface area (Å²) in [6.07, 6.45) is 0.818. The van der Waals surface area contributed by atoms with Gasteiger partial charge in [0.1, 0.15) is 13.2 Å². The Morgan fingerprint density at radius 1 is 1.04 bits per heavy atom. The van der Waals surface area contributed by atoms with Gasteiger partial charge in [0.2, 0.25) is 0 Å². The number of anilines is 1. The molecule has 0 unspecified atom stereocenters. The van der Waals surface area contributed by atoms with E-state index in [-0.39, 0.29) is 11.8 Å². The van der Waals surface area contributed by atoms with E-state index in [0.29, 0.717) is 53.1 Å². The molecule has 0 aliphatic carbocycles. The molecule has 6 nitrogen and oxygen atoms in total. The summed E-state index contributed by atoms with van der Waals surface area (Å²) in [7, 11) is 0. The molecule has 26 heavy (non-hydrogen) atoms. The molecule has 2 amide bonds. The minimum Gasteiger partial charge on any atom is -0.486 e. The summed E-state index contributed by atoms with van der Waals surface area (Å²) < 4.78 is 11.0. The van der Waals surface area contributed by atoms with E-state index >= 15 is 0 Å². The van der Waals surface area contributed by atoms with Crippen molar-refractivity contribution < 1.29 is 19.1 Å². The Morgan fingerprint density at radius 3 is 2.58 bits per heavy atom. The predicted octanol–water partition coefficient (Wildman–Crippen LogP) is 3.50. The quantitative estimate of drug-likeness (QED) is 0.839. The lowest BCUT2D eigenvalue weighted by Gasteiger charge is -2.19. The molecule has 136 valence electrons. The van der Waals surface area contributed by atoms with Crippen LogP contribution in [0.4, 0.5) is 5.69 Å². The average molecular weight is 375 g/mol. The fraction of sp³-hybridized carbons (Fsp3) is 0.263. The first-order valence-electron chi connectivity index (χ1n) is 8.37. The van der Waals surface area contributed by atoms with Crippen molar-refractivity contribution in [1.82, 2.24) is 5.32 Å². The van der Waals surface area contributed by atoms with E-state index in [2.05, 4.69) is 10.6 Å².